The van der Waals surface area contributed by atoms with Crippen LogP contribution in [0, 0.1) is 6.92 Å². The molecule has 0 saturated carbocycles. The molecule has 3 N–H and O–H groups in total. The summed E-state index contributed by atoms with van der Waals surface area (Å²) in [4.78, 5) is 23.8. The molecule has 25 heavy (non-hydrogen) atoms. The van der Waals surface area contributed by atoms with Gasteiger partial charge in [0.2, 0.25) is 5.91 Å². The van der Waals surface area contributed by atoms with Gasteiger partial charge in [-0.15, -0.1) is 0 Å². The van der Waals surface area contributed by atoms with Crippen molar-refractivity contribution >= 4 is 33.2 Å². The number of nitrogens with one attached hydrogen (secondary N) is 3. The predicted octanol–water partition coefficient (Wildman–Crippen LogP) is 2.16. The highest BCUT2D eigenvalue weighted by Crippen LogP contribution is 2.15. The molecule has 0 aromatic heterocycles. The van der Waals surface area contributed by atoms with E-state index < -0.39 is 21.8 Å². The molecule has 0 atom stereocenters. The fourth-order valence-electron chi connectivity index (χ4n) is 2.07. The molecule has 0 aliphatic rings. The fraction of sp³-hybridized carbons (Fsp3) is 0.176. The largest absolute Gasteiger partial charge is 0.329 e. The molecular weight excluding hydrogens is 342 g/mol. The maximum atomic E-state index is 11.9. The number of hydrogen-bond acceptors (Lipinski definition) is 4. The number of aryl methyl sites for hydroxylation is 1. The van der Waals surface area contributed by atoms with Crippen molar-refractivity contribution in [1.29, 1.82) is 0 Å². The predicted molar refractivity (Wildman–Crippen MR) is 96.4 cm³/mol. The minimum atomic E-state index is -3.36. The van der Waals surface area contributed by atoms with Crippen molar-refractivity contribution in [2.75, 3.05) is 23.4 Å². The minimum Gasteiger partial charge on any atom is -0.329 e. The summed E-state index contributed by atoms with van der Waals surface area (Å²) < 4.78 is 23.0. The quantitative estimate of drug-likeness (QED) is 0.759. The van der Waals surface area contributed by atoms with Gasteiger partial charge in [-0.25, -0.2) is 13.2 Å². The Labute approximate surface area is 146 Å². The van der Waals surface area contributed by atoms with Gasteiger partial charge < -0.3 is 16.0 Å². The van der Waals surface area contributed by atoms with E-state index in [0.717, 1.165) is 11.8 Å². The number of benzene rings is 2. The molecule has 8 heteroatoms. The van der Waals surface area contributed by atoms with Gasteiger partial charge in [-0.05, 0) is 42.8 Å². The Hall–Kier alpha value is -2.87. The topological polar surface area (TPSA) is 104 Å². The third-order valence-electron chi connectivity index (χ3n) is 3.23. The van der Waals surface area contributed by atoms with Crippen LogP contribution >= 0.6 is 0 Å². The zero-order chi connectivity index (χ0) is 18.4. The van der Waals surface area contributed by atoms with Gasteiger partial charge >= 0.3 is 6.03 Å². The number of amides is 3. The van der Waals surface area contributed by atoms with E-state index in [2.05, 4.69) is 16.0 Å². The van der Waals surface area contributed by atoms with Gasteiger partial charge in [-0.2, -0.15) is 0 Å². The zero-order valence-electron chi connectivity index (χ0n) is 13.9. The SMILES string of the molecule is Cc1cccc(NC(=O)NCC(=O)Nc2cccc(S(C)(=O)=O)c2)c1. The summed E-state index contributed by atoms with van der Waals surface area (Å²) >= 11 is 0. The Morgan fingerprint density at radius 3 is 2.24 bits per heavy atom. The molecule has 7 nitrogen and oxygen atoms in total. The Balaban J connectivity index is 1.87. The van der Waals surface area contributed by atoms with Crippen LogP contribution in [0.2, 0.25) is 0 Å². The van der Waals surface area contributed by atoms with E-state index in [9.17, 15) is 18.0 Å². The van der Waals surface area contributed by atoms with Crippen LogP contribution in [0.25, 0.3) is 0 Å². The Morgan fingerprint density at radius 1 is 0.960 bits per heavy atom. The van der Waals surface area contributed by atoms with E-state index >= 15 is 0 Å². The van der Waals surface area contributed by atoms with Crippen molar-refractivity contribution in [2.45, 2.75) is 11.8 Å². The average Bonchev–Trinajstić information content (AvgIpc) is 2.52. The molecule has 0 fully saturated rings. The monoisotopic (exact) mass is 361 g/mol. The first kappa shape index (κ1) is 18.5. The standard InChI is InChI=1S/C17H19N3O4S/c1-12-5-3-6-13(9-12)20-17(22)18-11-16(21)19-14-7-4-8-15(10-14)25(2,23)24/h3-10H,11H2,1-2H3,(H,19,21)(H2,18,20,22). The maximum absolute atomic E-state index is 11.9. The van der Waals surface area contributed by atoms with Gasteiger partial charge in [-0.1, -0.05) is 18.2 Å². The summed E-state index contributed by atoms with van der Waals surface area (Å²) in [6, 6.07) is 12.7. The lowest BCUT2D eigenvalue weighted by Crippen LogP contribution is -2.35. The van der Waals surface area contributed by atoms with E-state index in [1.165, 1.54) is 18.2 Å². The molecule has 2 aromatic carbocycles. The Bertz CT molecular complexity index is 894. The van der Waals surface area contributed by atoms with E-state index in [-0.39, 0.29) is 11.4 Å². The first-order valence-corrected chi connectivity index (χ1v) is 9.35. The van der Waals surface area contributed by atoms with Crippen LogP contribution in [0.4, 0.5) is 16.2 Å². The number of anilines is 2. The first-order chi connectivity index (χ1) is 11.7. The van der Waals surface area contributed by atoms with Crippen molar-refractivity contribution in [1.82, 2.24) is 5.32 Å². The highest BCUT2D eigenvalue weighted by atomic mass is 32.2. The average molecular weight is 361 g/mol. The summed E-state index contributed by atoms with van der Waals surface area (Å²) in [6.07, 6.45) is 1.09. The third-order valence-corrected chi connectivity index (χ3v) is 4.34. The lowest BCUT2D eigenvalue weighted by atomic mass is 10.2. The molecule has 0 spiro atoms. The first-order valence-electron chi connectivity index (χ1n) is 7.45. The molecule has 3 amide bonds. The van der Waals surface area contributed by atoms with Crippen molar-refractivity contribution < 1.29 is 18.0 Å². The number of urea groups is 1. The second kappa shape index (κ2) is 7.80. The van der Waals surface area contributed by atoms with Gasteiger partial charge in [0.05, 0.1) is 11.4 Å². The van der Waals surface area contributed by atoms with Crippen molar-refractivity contribution in [3.05, 3.63) is 54.1 Å². The van der Waals surface area contributed by atoms with Crippen LogP contribution in [-0.4, -0.2) is 33.2 Å². The van der Waals surface area contributed by atoms with Crippen molar-refractivity contribution in [2.24, 2.45) is 0 Å². The Kier molecular flexibility index (Phi) is 5.76. The smallest absolute Gasteiger partial charge is 0.319 e. The normalized spacial score (nSPS) is 10.8. The summed E-state index contributed by atoms with van der Waals surface area (Å²) in [5.74, 6) is -0.468. The van der Waals surface area contributed by atoms with E-state index in [4.69, 9.17) is 0 Å². The molecular formula is C17H19N3O4S. The van der Waals surface area contributed by atoms with Gasteiger partial charge in [0, 0.05) is 17.6 Å². The number of sulfone groups is 1. The molecule has 0 heterocycles. The fourth-order valence-corrected chi connectivity index (χ4v) is 2.74. The molecule has 0 aliphatic carbocycles. The third kappa shape index (κ3) is 5.92. The molecule has 0 aliphatic heterocycles. The van der Waals surface area contributed by atoms with Crippen LogP contribution in [0.15, 0.2) is 53.4 Å². The van der Waals surface area contributed by atoms with Gasteiger partial charge in [0.1, 0.15) is 0 Å². The van der Waals surface area contributed by atoms with Gasteiger partial charge in [-0.3, -0.25) is 4.79 Å². The lowest BCUT2D eigenvalue weighted by molar-refractivity contribution is -0.115. The summed E-state index contributed by atoms with van der Waals surface area (Å²) in [5.41, 5.74) is 1.97. The Morgan fingerprint density at radius 2 is 1.60 bits per heavy atom. The van der Waals surface area contributed by atoms with E-state index in [0.29, 0.717) is 11.4 Å². The van der Waals surface area contributed by atoms with Gasteiger partial charge in [0.15, 0.2) is 9.84 Å². The molecule has 0 radical (unpaired) electrons. The van der Waals surface area contributed by atoms with Crippen LogP contribution in [0.5, 0.6) is 0 Å². The molecule has 0 bridgehead atoms. The molecule has 2 rings (SSSR count). The highest BCUT2D eigenvalue weighted by molar-refractivity contribution is 7.90. The molecule has 2 aromatic rings. The number of carbonyl (C=O) groups is 2. The number of hydrogen-bond donors (Lipinski definition) is 3. The lowest BCUT2D eigenvalue weighted by Gasteiger charge is -2.09. The van der Waals surface area contributed by atoms with Crippen LogP contribution in [0.1, 0.15) is 5.56 Å². The van der Waals surface area contributed by atoms with Gasteiger partial charge in [0.25, 0.3) is 0 Å². The van der Waals surface area contributed by atoms with Crippen molar-refractivity contribution in [3.63, 3.8) is 0 Å². The van der Waals surface area contributed by atoms with E-state index in [1.54, 1.807) is 18.2 Å². The zero-order valence-corrected chi connectivity index (χ0v) is 14.7. The minimum absolute atomic E-state index is 0.107. The highest BCUT2D eigenvalue weighted by Gasteiger charge is 2.10. The number of carbonyl (C=O) groups excluding carboxylic acids is 2. The second-order valence-corrected chi connectivity index (χ2v) is 7.54. The summed E-state index contributed by atoms with van der Waals surface area (Å²) in [6.45, 7) is 1.65. The van der Waals surface area contributed by atoms with Crippen LogP contribution in [-0.2, 0) is 14.6 Å². The van der Waals surface area contributed by atoms with Crippen molar-refractivity contribution in [3.8, 4) is 0 Å². The number of rotatable bonds is 5. The van der Waals surface area contributed by atoms with Crippen LogP contribution in [0.3, 0.4) is 0 Å². The van der Waals surface area contributed by atoms with Crippen LogP contribution < -0.4 is 16.0 Å². The van der Waals surface area contributed by atoms with E-state index in [1.807, 2.05) is 19.1 Å². The molecule has 0 saturated heterocycles. The molecule has 0 unspecified atom stereocenters. The summed E-state index contributed by atoms with van der Waals surface area (Å²) in [7, 11) is -3.36. The second-order valence-electron chi connectivity index (χ2n) is 5.53. The maximum Gasteiger partial charge on any atom is 0.319 e. The summed E-state index contributed by atoms with van der Waals surface area (Å²) in [5, 5.41) is 7.59. The molecule has 132 valence electrons.